The molecule has 9 heteroatoms. The molecular formula is C22H24ClN5O3. The molecule has 3 heterocycles. The highest BCUT2D eigenvalue weighted by molar-refractivity contribution is 6.30. The van der Waals surface area contributed by atoms with Crippen molar-refractivity contribution in [3.05, 3.63) is 63.7 Å². The minimum atomic E-state index is -0.196. The molecule has 2 aromatic heterocycles. The third-order valence-corrected chi connectivity index (χ3v) is 5.67. The van der Waals surface area contributed by atoms with Gasteiger partial charge in [0, 0.05) is 37.8 Å². The fraction of sp³-hybridized carbons (Fsp3) is 0.364. The summed E-state index contributed by atoms with van der Waals surface area (Å²) in [7, 11) is 0. The summed E-state index contributed by atoms with van der Waals surface area (Å²) in [6, 6.07) is 9.33. The van der Waals surface area contributed by atoms with Crippen molar-refractivity contribution in [2.75, 3.05) is 44.3 Å². The number of aromatic nitrogens is 3. The minimum Gasteiger partial charge on any atom is -0.381 e. The molecule has 0 unspecified atom stereocenters. The van der Waals surface area contributed by atoms with E-state index < -0.39 is 0 Å². The first-order valence-corrected chi connectivity index (χ1v) is 10.7. The molecule has 1 aliphatic rings. The Hall–Kier alpha value is -2.97. The number of fused-ring (bicyclic) bond motifs is 1. The lowest BCUT2D eigenvalue weighted by Crippen LogP contribution is -2.49. The number of anilines is 1. The highest BCUT2D eigenvalue weighted by atomic mass is 35.5. The van der Waals surface area contributed by atoms with Gasteiger partial charge in [0.25, 0.3) is 5.56 Å². The lowest BCUT2D eigenvalue weighted by molar-refractivity contribution is -0.132. The Labute approximate surface area is 184 Å². The molecule has 0 atom stereocenters. The number of benzene rings is 1. The molecular weight excluding hydrogens is 418 g/mol. The predicted molar refractivity (Wildman–Crippen MR) is 120 cm³/mol. The number of carbonyl (C=O) groups excluding carboxylic acids is 1. The van der Waals surface area contributed by atoms with Gasteiger partial charge in [-0.25, -0.2) is 10.1 Å². The zero-order valence-corrected chi connectivity index (χ0v) is 17.8. The smallest absolute Gasteiger partial charge is 0.272 e. The van der Waals surface area contributed by atoms with Crippen LogP contribution in [0, 0.1) is 0 Å². The van der Waals surface area contributed by atoms with Crippen molar-refractivity contribution < 1.29 is 9.53 Å². The molecule has 8 nitrogen and oxygen atoms in total. The zero-order valence-electron chi connectivity index (χ0n) is 17.1. The number of H-pyrrole nitrogens is 1. The zero-order chi connectivity index (χ0) is 21.6. The Bertz CT molecular complexity index is 1090. The summed E-state index contributed by atoms with van der Waals surface area (Å²) in [5, 5.41) is 8.39. The maximum atomic E-state index is 12.5. The van der Waals surface area contributed by atoms with E-state index in [1.54, 1.807) is 18.5 Å². The number of ether oxygens (including phenoxy) is 1. The highest BCUT2D eigenvalue weighted by Gasteiger charge is 2.21. The number of piperazine rings is 1. The average molecular weight is 442 g/mol. The maximum Gasteiger partial charge on any atom is 0.272 e. The van der Waals surface area contributed by atoms with Crippen LogP contribution in [0.3, 0.4) is 0 Å². The van der Waals surface area contributed by atoms with Crippen LogP contribution >= 0.6 is 11.6 Å². The van der Waals surface area contributed by atoms with Gasteiger partial charge in [-0.15, -0.1) is 0 Å². The summed E-state index contributed by atoms with van der Waals surface area (Å²) in [6.45, 7) is 3.68. The lowest BCUT2D eigenvalue weighted by atomic mass is 10.1. The molecule has 0 saturated carbocycles. The molecule has 1 aliphatic heterocycles. The lowest BCUT2D eigenvalue weighted by Gasteiger charge is -2.35. The summed E-state index contributed by atoms with van der Waals surface area (Å²) in [4.78, 5) is 32.7. The SMILES string of the molecule is O=C(CCOCCc1cccc2c(=O)[nH]ncc12)N1CCN(c2ccc(Cl)cn2)CC1. The molecule has 1 fully saturated rings. The third kappa shape index (κ3) is 5.21. The van der Waals surface area contributed by atoms with Crippen molar-refractivity contribution in [1.82, 2.24) is 20.1 Å². The maximum absolute atomic E-state index is 12.5. The quantitative estimate of drug-likeness (QED) is 0.565. The number of amides is 1. The molecule has 0 spiro atoms. The van der Waals surface area contributed by atoms with Crippen molar-refractivity contribution in [2.24, 2.45) is 0 Å². The molecule has 1 aromatic carbocycles. The first kappa shape index (κ1) is 21.3. The topological polar surface area (TPSA) is 91.4 Å². The standard InChI is InChI=1S/C22H24ClN5O3/c23-17-4-5-20(24-14-17)27-8-10-28(11-9-27)21(29)7-13-31-12-6-16-2-1-3-18-19(16)15-25-26-22(18)30/h1-5,14-15H,6-13H2,(H,26,30). The highest BCUT2D eigenvalue weighted by Crippen LogP contribution is 2.17. The first-order chi connectivity index (χ1) is 15.1. The van der Waals surface area contributed by atoms with Gasteiger partial charge in [0.2, 0.25) is 5.91 Å². The van der Waals surface area contributed by atoms with Gasteiger partial charge in [0.1, 0.15) is 5.82 Å². The molecule has 0 radical (unpaired) electrons. The minimum absolute atomic E-state index is 0.101. The first-order valence-electron chi connectivity index (χ1n) is 10.3. The fourth-order valence-corrected chi connectivity index (χ4v) is 3.85. The van der Waals surface area contributed by atoms with E-state index in [1.165, 1.54) is 0 Å². The van der Waals surface area contributed by atoms with E-state index in [-0.39, 0.29) is 11.5 Å². The Morgan fingerprint density at radius 2 is 1.90 bits per heavy atom. The van der Waals surface area contributed by atoms with Gasteiger partial charge in [0.15, 0.2) is 0 Å². The third-order valence-electron chi connectivity index (χ3n) is 5.44. The van der Waals surface area contributed by atoms with E-state index in [4.69, 9.17) is 16.3 Å². The predicted octanol–water partition coefficient (Wildman–Crippen LogP) is 2.27. The number of hydrogen-bond donors (Lipinski definition) is 1. The number of pyridine rings is 1. The molecule has 162 valence electrons. The van der Waals surface area contributed by atoms with Crippen LogP contribution < -0.4 is 10.5 Å². The fourth-order valence-electron chi connectivity index (χ4n) is 3.74. The summed E-state index contributed by atoms with van der Waals surface area (Å²) in [5.74, 6) is 0.982. The number of nitrogens with one attached hydrogen (secondary N) is 1. The van der Waals surface area contributed by atoms with Crippen molar-refractivity contribution in [3.63, 3.8) is 0 Å². The van der Waals surface area contributed by atoms with Crippen LogP contribution in [0.1, 0.15) is 12.0 Å². The van der Waals surface area contributed by atoms with Crippen LogP contribution in [0.5, 0.6) is 0 Å². The molecule has 0 aliphatic carbocycles. The summed E-state index contributed by atoms with van der Waals surface area (Å²) in [5.41, 5.74) is 0.812. The van der Waals surface area contributed by atoms with Gasteiger partial charge in [-0.3, -0.25) is 9.59 Å². The number of carbonyl (C=O) groups is 1. The summed E-state index contributed by atoms with van der Waals surface area (Å²) < 4.78 is 5.69. The Morgan fingerprint density at radius 3 is 2.68 bits per heavy atom. The van der Waals surface area contributed by atoms with Crippen LogP contribution in [0.2, 0.25) is 5.02 Å². The monoisotopic (exact) mass is 441 g/mol. The second-order valence-electron chi connectivity index (χ2n) is 7.39. The second kappa shape index (κ2) is 9.89. The Balaban J connectivity index is 1.19. The van der Waals surface area contributed by atoms with E-state index in [2.05, 4.69) is 20.1 Å². The normalized spacial score (nSPS) is 14.2. The van der Waals surface area contributed by atoms with Gasteiger partial charge in [-0.2, -0.15) is 5.10 Å². The Morgan fingerprint density at radius 1 is 1.06 bits per heavy atom. The summed E-state index contributed by atoms with van der Waals surface area (Å²) in [6.07, 6.45) is 4.31. The number of rotatable bonds is 7. The van der Waals surface area contributed by atoms with Crippen molar-refractivity contribution >= 4 is 34.1 Å². The van der Waals surface area contributed by atoms with Crippen LogP contribution in [0.25, 0.3) is 10.8 Å². The van der Waals surface area contributed by atoms with Crippen LogP contribution in [0.4, 0.5) is 5.82 Å². The largest absolute Gasteiger partial charge is 0.381 e. The van der Waals surface area contributed by atoms with E-state index in [0.29, 0.717) is 49.6 Å². The molecule has 31 heavy (non-hydrogen) atoms. The van der Waals surface area contributed by atoms with E-state index in [0.717, 1.165) is 29.9 Å². The molecule has 1 N–H and O–H groups in total. The molecule has 1 saturated heterocycles. The van der Waals surface area contributed by atoms with Gasteiger partial charge in [-0.05, 0) is 30.2 Å². The van der Waals surface area contributed by atoms with E-state index in [1.807, 2.05) is 29.2 Å². The van der Waals surface area contributed by atoms with Crippen LogP contribution in [-0.2, 0) is 16.0 Å². The average Bonchev–Trinajstić information content (AvgIpc) is 2.80. The molecule has 3 aromatic rings. The van der Waals surface area contributed by atoms with Crippen molar-refractivity contribution in [1.29, 1.82) is 0 Å². The molecule has 1 amide bonds. The van der Waals surface area contributed by atoms with Crippen molar-refractivity contribution in [3.8, 4) is 0 Å². The number of hydrogen-bond acceptors (Lipinski definition) is 6. The summed E-state index contributed by atoms with van der Waals surface area (Å²) >= 11 is 5.89. The number of nitrogens with zero attached hydrogens (tertiary/aromatic N) is 4. The van der Waals surface area contributed by atoms with Crippen LogP contribution in [-0.4, -0.2) is 65.4 Å². The molecule has 0 bridgehead atoms. The van der Waals surface area contributed by atoms with Gasteiger partial charge < -0.3 is 14.5 Å². The van der Waals surface area contributed by atoms with Gasteiger partial charge in [0.05, 0.1) is 36.2 Å². The van der Waals surface area contributed by atoms with Crippen LogP contribution in [0.15, 0.2) is 47.5 Å². The van der Waals surface area contributed by atoms with Crippen molar-refractivity contribution in [2.45, 2.75) is 12.8 Å². The number of aromatic amines is 1. The Kier molecular flexibility index (Phi) is 6.79. The number of halogens is 1. The molecule has 4 rings (SSSR count). The second-order valence-corrected chi connectivity index (χ2v) is 7.83. The van der Waals surface area contributed by atoms with E-state index in [9.17, 15) is 9.59 Å². The van der Waals surface area contributed by atoms with Gasteiger partial charge >= 0.3 is 0 Å². The van der Waals surface area contributed by atoms with E-state index >= 15 is 0 Å². The van der Waals surface area contributed by atoms with Gasteiger partial charge in [-0.1, -0.05) is 23.7 Å².